The SMILES string of the molecule is C.C.C.C1CCNC1.CC.CN1CCCC1.CN1CCCC1.Cc1cnnc(C)n1.Cc1cnnc(C)n1.Cc1cnnc(C)n1. The van der Waals surface area contributed by atoms with Crippen molar-refractivity contribution in [3.8, 4) is 0 Å². The second-order valence-corrected chi connectivity index (χ2v) is 10.4. The maximum atomic E-state index is 4.00. The molecule has 3 aliphatic heterocycles. The van der Waals surface area contributed by atoms with Crippen LogP contribution in [-0.4, -0.2) is 109 Å². The number of aryl methyl sites for hydroxylation is 6. The Hall–Kier alpha value is -3.09. The average Bonchev–Trinajstić information content (AvgIpc) is 3.78. The van der Waals surface area contributed by atoms with Crippen molar-refractivity contribution in [1.29, 1.82) is 0 Å². The summed E-state index contributed by atoms with van der Waals surface area (Å²) in [5.74, 6) is 2.18. The summed E-state index contributed by atoms with van der Waals surface area (Å²) in [6, 6.07) is 0. The highest BCUT2D eigenvalue weighted by molar-refractivity contribution is 4.91. The van der Waals surface area contributed by atoms with Gasteiger partial charge in [0.25, 0.3) is 0 Å². The van der Waals surface area contributed by atoms with Crippen molar-refractivity contribution in [2.45, 2.75) is 116 Å². The molecule has 0 aromatic carbocycles. The summed E-state index contributed by atoms with van der Waals surface area (Å²) in [5, 5.41) is 25.3. The number of hydrogen-bond donors (Lipinski definition) is 1. The van der Waals surface area contributed by atoms with Crippen LogP contribution < -0.4 is 5.32 Å². The van der Waals surface area contributed by atoms with E-state index in [-0.39, 0.29) is 22.3 Å². The molecule has 0 radical (unpaired) electrons. The monoisotopic (exact) mass is 647 g/mol. The van der Waals surface area contributed by atoms with Crippen LogP contribution in [0.2, 0.25) is 0 Å². The standard InChI is InChI=1S/3C5H7N3.2C5H11N.C4H9N.C2H6.3CH4/c3*1-4-3-6-8-5(2)7-4;2*1-6-4-2-3-5-6;1-2-4-5-3-1;1-2;;;/h3*3H,1-2H3;2*2-5H2,1H3;5H,1-4H2;1-2H3;3*1H4. The number of nitrogens with zero attached hydrogens (tertiary/aromatic N) is 11. The molecule has 46 heavy (non-hydrogen) atoms. The molecule has 0 spiro atoms. The smallest absolute Gasteiger partial charge is 0.148 e. The van der Waals surface area contributed by atoms with Gasteiger partial charge in [-0.25, -0.2) is 15.0 Å². The lowest BCUT2D eigenvalue weighted by molar-refractivity contribution is 0.418. The molecule has 6 rings (SSSR count). The van der Waals surface area contributed by atoms with E-state index in [2.05, 4.69) is 74.8 Å². The summed E-state index contributed by atoms with van der Waals surface area (Å²) in [7, 11) is 4.35. The molecule has 1 N–H and O–H groups in total. The number of hydrogen-bond acceptors (Lipinski definition) is 12. The van der Waals surface area contributed by atoms with Gasteiger partial charge in [-0.1, -0.05) is 36.1 Å². The molecule has 0 bridgehead atoms. The highest BCUT2D eigenvalue weighted by atomic mass is 15.1. The summed E-state index contributed by atoms with van der Waals surface area (Å²) in [4.78, 5) is 16.7. The summed E-state index contributed by atoms with van der Waals surface area (Å²) >= 11 is 0. The number of aromatic nitrogens is 9. The van der Waals surface area contributed by atoms with Crippen LogP contribution in [-0.2, 0) is 0 Å². The average molecular weight is 647 g/mol. The van der Waals surface area contributed by atoms with Crippen LogP contribution in [0.5, 0.6) is 0 Å². The van der Waals surface area contributed by atoms with Crippen LogP contribution in [0.25, 0.3) is 0 Å². The van der Waals surface area contributed by atoms with Gasteiger partial charge in [0.1, 0.15) is 17.5 Å². The first-order valence-corrected chi connectivity index (χ1v) is 15.6. The molecule has 3 fully saturated rings. The van der Waals surface area contributed by atoms with Crippen LogP contribution in [0.1, 0.15) is 109 Å². The van der Waals surface area contributed by atoms with E-state index >= 15 is 0 Å². The van der Waals surface area contributed by atoms with Crippen molar-refractivity contribution < 1.29 is 0 Å². The van der Waals surface area contributed by atoms with Gasteiger partial charge in [0.2, 0.25) is 0 Å². The van der Waals surface area contributed by atoms with E-state index in [1.165, 1.54) is 77.8 Å². The molecule has 3 aromatic heterocycles. The van der Waals surface area contributed by atoms with Crippen molar-refractivity contribution in [3.05, 3.63) is 53.1 Å². The van der Waals surface area contributed by atoms with E-state index in [1.54, 1.807) is 18.6 Å². The van der Waals surface area contributed by atoms with Crippen molar-refractivity contribution in [1.82, 2.24) is 60.7 Å². The van der Waals surface area contributed by atoms with Gasteiger partial charge in [-0.2, -0.15) is 15.3 Å². The van der Waals surface area contributed by atoms with Gasteiger partial charge in [-0.05, 0) is 133 Å². The number of likely N-dealkylation sites (tertiary alicyclic amines) is 2. The van der Waals surface area contributed by atoms with Gasteiger partial charge < -0.3 is 15.1 Å². The molecule has 0 atom stereocenters. The van der Waals surface area contributed by atoms with E-state index in [0.29, 0.717) is 0 Å². The lowest BCUT2D eigenvalue weighted by Gasteiger charge is -2.01. The maximum Gasteiger partial charge on any atom is 0.148 e. The Balaban J connectivity index is -0.000000226. The third-order valence-electron chi connectivity index (χ3n) is 5.97. The maximum absolute atomic E-state index is 4.00. The van der Waals surface area contributed by atoms with Gasteiger partial charge >= 0.3 is 0 Å². The Morgan fingerprint density at radius 1 is 0.478 bits per heavy atom. The first-order valence-electron chi connectivity index (χ1n) is 15.6. The Bertz CT molecular complexity index is 875. The first kappa shape index (κ1) is 49.8. The molecule has 0 saturated carbocycles. The summed E-state index contributed by atoms with van der Waals surface area (Å²) < 4.78 is 0. The van der Waals surface area contributed by atoms with Gasteiger partial charge in [-0.3, -0.25) is 0 Å². The molecule has 266 valence electrons. The second-order valence-electron chi connectivity index (χ2n) is 10.4. The van der Waals surface area contributed by atoms with Crippen LogP contribution in [0.15, 0.2) is 18.6 Å². The molecule has 12 nitrogen and oxygen atoms in total. The lowest BCUT2D eigenvalue weighted by Crippen LogP contribution is -2.10. The van der Waals surface area contributed by atoms with Crippen molar-refractivity contribution in [2.24, 2.45) is 0 Å². The van der Waals surface area contributed by atoms with Gasteiger partial charge in [-0.15, -0.1) is 15.3 Å². The molecule has 0 aliphatic carbocycles. The highest BCUT2D eigenvalue weighted by Crippen LogP contribution is 2.02. The van der Waals surface area contributed by atoms with Crippen molar-refractivity contribution in [3.63, 3.8) is 0 Å². The van der Waals surface area contributed by atoms with Crippen LogP contribution in [0, 0.1) is 41.5 Å². The van der Waals surface area contributed by atoms with Crippen LogP contribution >= 0.6 is 0 Å². The number of rotatable bonds is 0. The highest BCUT2D eigenvalue weighted by Gasteiger charge is 2.04. The zero-order valence-corrected chi connectivity index (χ0v) is 28.6. The van der Waals surface area contributed by atoms with Crippen LogP contribution in [0.3, 0.4) is 0 Å². The Morgan fingerprint density at radius 2 is 0.739 bits per heavy atom. The van der Waals surface area contributed by atoms with Crippen LogP contribution in [0.4, 0.5) is 0 Å². The molecule has 12 heteroatoms. The molecule has 3 saturated heterocycles. The van der Waals surface area contributed by atoms with E-state index in [1.807, 2.05) is 55.4 Å². The molecule has 0 amide bonds. The predicted octanol–water partition coefficient (Wildman–Crippen LogP) is 6.19. The Morgan fingerprint density at radius 3 is 0.848 bits per heavy atom. The predicted molar refractivity (Wildman–Crippen MR) is 195 cm³/mol. The fraction of sp³-hybridized carbons (Fsp3) is 0.735. The molecule has 3 aliphatic rings. The molecule has 0 unspecified atom stereocenters. The van der Waals surface area contributed by atoms with Gasteiger partial charge in [0.05, 0.1) is 35.7 Å². The Labute approximate surface area is 283 Å². The second kappa shape index (κ2) is 33.3. The molecular formula is C34H70N12. The molecule has 6 heterocycles. The fourth-order valence-corrected chi connectivity index (χ4v) is 3.88. The van der Waals surface area contributed by atoms with E-state index in [0.717, 1.165) is 34.6 Å². The molecular weight excluding hydrogens is 576 g/mol. The van der Waals surface area contributed by atoms with Gasteiger partial charge in [0, 0.05) is 0 Å². The van der Waals surface area contributed by atoms with Crippen molar-refractivity contribution >= 4 is 0 Å². The van der Waals surface area contributed by atoms with E-state index in [9.17, 15) is 0 Å². The van der Waals surface area contributed by atoms with Gasteiger partial charge in [0.15, 0.2) is 0 Å². The summed E-state index contributed by atoms with van der Waals surface area (Å²) in [6.45, 7) is 22.9. The minimum absolute atomic E-state index is 0. The minimum atomic E-state index is 0. The zero-order valence-electron chi connectivity index (χ0n) is 28.6. The topological polar surface area (TPSA) is 135 Å². The van der Waals surface area contributed by atoms with E-state index in [4.69, 9.17) is 0 Å². The third-order valence-corrected chi connectivity index (χ3v) is 5.97. The normalized spacial score (nSPS) is 14.2. The lowest BCUT2D eigenvalue weighted by atomic mass is 10.4. The van der Waals surface area contributed by atoms with Crippen molar-refractivity contribution in [2.75, 3.05) is 53.4 Å². The first-order chi connectivity index (χ1) is 20.7. The quantitative estimate of drug-likeness (QED) is 0.298. The summed E-state index contributed by atoms with van der Waals surface area (Å²) in [6.07, 6.45) is 13.3. The number of nitrogens with one attached hydrogen (secondary N) is 1. The molecule has 3 aromatic rings. The van der Waals surface area contributed by atoms with E-state index < -0.39 is 0 Å². The largest absolute Gasteiger partial charge is 0.317 e. The third kappa shape index (κ3) is 30.9. The minimum Gasteiger partial charge on any atom is -0.317 e. The Kier molecular flexibility index (Phi) is 36.0. The summed E-state index contributed by atoms with van der Waals surface area (Å²) in [5.41, 5.74) is 2.74. The zero-order chi connectivity index (χ0) is 32.3. The fourth-order valence-electron chi connectivity index (χ4n) is 3.88.